The summed E-state index contributed by atoms with van der Waals surface area (Å²) in [6.45, 7) is 4.51. The van der Waals surface area contributed by atoms with Gasteiger partial charge in [-0.25, -0.2) is 9.48 Å². The van der Waals surface area contributed by atoms with Gasteiger partial charge >= 0.3 is 30.0 Å². The quantitative estimate of drug-likeness (QED) is 0.119. The number of benzene rings is 3. The van der Waals surface area contributed by atoms with Crippen molar-refractivity contribution in [1.29, 1.82) is 0 Å². The highest BCUT2D eigenvalue weighted by atomic mass is 35.5. The van der Waals surface area contributed by atoms with Gasteiger partial charge in [0.15, 0.2) is 24.5 Å². The third-order valence-corrected chi connectivity index (χ3v) is 10.2. The molecule has 0 radical (unpaired) electrons. The first-order valence-electron chi connectivity index (χ1n) is 18.7. The number of fused-ring (bicyclic) bond motifs is 3. The number of H-pyrrole nitrogens is 1. The van der Waals surface area contributed by atoms with Gasteiger partial charge in [-0.15, -0.1) is 5.10 Å². The van der Waals surface area contributed by atoms with Crippen LogP contribution in [0, 0.1) is 0 Å². The van der Waals surface area contributed by atoms with Crippen molar-refractivity contribution in [2.24, 2.45) is 0 Å². The molecule has 1 saturated heterocycles. The van der Waals surface area contributed by atoms with Crippen LogP contribution in [0.1, 0.15) is 62.5 Å². The Morgan fingerprint density at radius 3 is 2.13 bits per heavy atom. The molecule has 2 aliphatic rings. The van der Waals surface area contributed by atoms with Crippen molar-refractivity contribution in [2.45, 2.75) is 77.4 Å². The van der Waals surface area contributed by atoms with Crippen LogP contribution < -0.4 is 9.47 Å². The number of ether oxygens (including phenoxy) is 7. The zero-order valence-electron chi connectivity index (χ0n) is 32.7. The summed E-state index contributed by atoms with van der Waals surface area (Å²) in [6, 6.07) is 18.9. The zero-order valence-corrected chi connectivity index (χ0v) is 34.2. The molecule has 19 heteroatoms. The molecule has 1 amide bonds. The van der Waals surface area contributed by atoms with Crippen molar-refractivity contribution in [3.63, 3.8) is 0 Å². The van der Waals surface area contributed by atoms with Crippen LogP contribution in [0.2, 0.25) is 10.0 Å². The molecule has 17 nitrogen and oxygen atoms in total. The molecule has 314 valence electrons. The third kappa shape index (κ3) is 9.48. The molecular formula is C41H39Cl2N5O12. The van der Waals surface area contributed by atoms with Crippen LogP contribution in [-0.4, -0.2) is 92.4 Å². The van der Waals surface area contributed by atoms with E-state index in [1.165, 1.54) is 17.8 Å². The summed E-state index contributed by atoms with van der Waals surface area (Å²) in [5, 5.41) is 10.5. The number of aromatic nitrogens is 4. The molecule has 60 heavy (non-hydrogen) atoms. The average Bonchev–Trinajstić information content (AvgIpc) is 3.83. The molecule has 7 rings (SSSR count). The van der Waals surface area contributed by atoms with E-state index in [4.69, 9.17) is 56.4 Å². The Kier molecular flexibility index (Phi) is 12.6. The highest BCUT2D eigenvalue weighted by Gasteiger charge is 2.53. The summed E-state index contributed by atoms with van der Waals surface area (Å²) in [5.41, 5.74) is 3.88. The molecule has 0 spiro atoms. The number of hydrogen-bond donors (Lipinski definition) is 1. The predicted octanol–water partition coefficient (Wildman–Crippen LogP) is 6.05. The van der Waals surface area contributed by atoms with Gasteiger partial charge < -0.3 is 38.1 Å². The van der Waals surface area contributed by atoms with Crippen LogP contribution in [0.4, 0.5) is 4.79 Å². The first kappa shape index (κ1) is 42.0. The topological polar surface area (TPSA) is 200 Å². The Hall–Kier alpha value is -6.17. The minimum absolute atomic E-state index is 0.0689. The lowest BCUT2D eigenvalue weighted by molar-refractivity contribution is -0.270. The normalized spacial score (nSPS) is 21.1. The smallest absolute Gasteiger partial charge is 0.416 e. The largest absolute Gasteiger partial charge is 0.487 e. The van der Waals surface area contributed by atoms with Crippen molar-refractivity contribution < 1.29 is 57.1 Å². The van der Waals surface area contributed by atoms with E-state index in [2.05, 4.69) is 15.3 Å². The molecule has 1 N–H and O–H groups in total. The first-order valence-corrected chi connectivity index (χ1v) is 19.5. The molecule has 2 aliphatic heterocycles. The van der Waals surface area contributed by atoms with Crippen molar-refractivity contribution in [3.05, 3.63) is 105 Å². The Bertz CT molecular complexity index is 2400. The molecule has 0 saturated carbocycles. The highest BCUT2D eigenvalue weighted by molar-refractivity contribution is 6.31. The monoisotopic (exact) mass is 863 g/mol. The minimum atomic E-state index is -1.38. The molecule has 0 aliphatic carbocycles. The number of carbonyl (C=O) groups is 5. The van der Waals surface area contributed by atoms with Crippen molar-refractivity contribution in [1.82, 2.24) is 24.9 Å². The van der Waals surface area contributed by atoms with Crippen LogP contribution >= 0.6 is 23.2 Å². The number of halogens is 2. The lowest BCUT2D eigenvalue weighted by Crippen LogP contribution is -2.60. The summed E-state index contributed by atoms with van der Waals surface area (Å²) in [7, 11) is 0. The lowest BCUT2D eigenvalue weighted by Gasteiger charge is -2.44. The second-order valence-corrected chi connectivity index (χ2v) is 14.9. The predicted molar refractivity (Wildman–Crippen MR) is 211 cm³/mol. The lowest BCUT2D eigenvalue weighted by atomic mass is 9.92. The second-order valence-electron chi connectivity index (χ2n) is 14.0. The van der Waals surface area contributed by atoms with Gasteiger partial charge in [-0.05, 0) is 72.1 Å². The summed E-state index contributed by atoms with van der Waals surface area (Å²) >= 11 is 12.4. The standard InChI is InChI=1S/C41H39Cl2N5O12/c1-21(49)54-20-34-37(56-22(2)50)38(57-23(3)51)39(58-24(4)52)40(60-34)48-18-28(45-46-48)19-55-29-10-5-25(6-11-29)36-35-31(32-17-27(43)9-14-33(32)44-35)15-16-47(36)41(53)59-30-12-7-26(42)8-13-30/h5-14,17-18,34,36-40,44H,15-16,19-20H2,1-4H3. The van der Waals surface area contributed by atoms with E-state index in [9.17, 15) is 24.0 Å². The van der Waals surface area contributed by atoms with E-state index in [1.807, 2.05) is 30.3 Å². The molecule has 3 aromatic carbocycles. The van der Waals surface area contributed by atoms with E-state index in [0.717, 1.165) is 48.5 Å². The van der Waals surface area contributed by atoms with Crippen LogP contribution in [-0.2, 0) is 55.9 Å². The SMILES string of the molecule is CC(=O)OCC1OC(n2cc(COc3ccc(C4c5[nH]c6ccc(Cl)cc6c5CCN4C(=O)Oc4ccc(Cl)cc4)cc3)nn2)C(OC(C)=O)C(OC(C)=O)C1OC(C)=O. The van der Waals surface area contributed by atoms with E-state index < -0.39 is 73.3 Å². The molecule has 6 atom stereocenters. The van der Waals surface area contributed by atoms with Gasteiger partial charge in [0.2, 0.25) is 0 Å². The number of hydrogen-bond acceptors (Lipinski definition) is 14. The number of nitrogens with one attached hydrogen (secondary N) is 1. The molecule has 1 fully saturated rings. The number of nitrogens with zero attached hydrogens (tertiary/aromatic N) is 4. The fourth-order valence-corrected chi connectivity index (χ4v) is 7.59. The minimum Gasteiger partial charge on any atom is -0.487 e. The fourth-order valence-electron chi connectivity index (χ4n) is 7.29. The highest BCUT2D eigenvalue weighted by Crippen LogP contribution is 2.40. The fraction of sp³-hybridized carbons (Fsp3) is 0.341. The van der Waals surface area contributed by atoms with Crippen LogP contribution in [0.3, 0.4) is 0 Å². The molecule has 6 unspecified atom stereocenters. The summed E-state index contributed by atoms with van der Waals surface area (Å²) in [5.74, 6) is -2.08. The van der Waals surface area contributed by atoms with Crippen LogP contribution in [0.25, 0.3) is 10.9 Å². The summed E-state index contributed by atoms with van der Waals surface area (Å²) in [6.07, 6.45) is -5.01. The van der Waals surface area contributed by atoms with Crippen LogP contribution in [0.15, 0.2) is 72.9 Å². The maximum absolute atomic E-state index is 13.7. The van der Waals surface area contributed by atoms with E-state index in [1.54, 1.807) is 41.3 Å². The third-order valence-electron chi connectivity index (χ3n) is 9.71. The maximum Gasteiger partial charge on any atom is 0.416 e. The Morgan fingerprint density at radius 2 is 1.45 bits per heavy atom. The van der Waals surface area contributed by atoms with Gasteiger partial charge in [0.25, 0.3) is 0 Å². The van der Waals surface area contributed by atoms with Gasteiger partial charge in [0.1, 0.15) is 42.6 Å². The van der Waals surface area contributed by atoms with Gasteiger partial charge in [-0.3, -0.25) is 24.1 Å². The van der Waals surface area contributed by atoms with E-state index in [-0.39, 0.29) is 6.61 Å². The summed E-state index contributed by atoms with van der Waals surface area (Å²) < 4.78 is 40.9. The number of rotatable bonds is 11. The van der Waals surface area contributed by atoms with Crippen molar-refractivity contribution in [2.75, 3.05) is 13.2 Å². The Labute approximate surface area is 352 Å². The molecule has 2 aromatic heterocycles. The van der Waals surface area contributed by atoms with Gasteiger partial charge in [-0.2, -0.15) is 0 Å². The van der Waals surface area contributed by atoms with Gasteiger partial charge in [-0.1, -0.05) is 40.5 Å². The van der Waals surface area contributed by atoms with Gasteiger partial charge in [0, 0.05) is 60.9 Å². The maximum atomic E-state index is 13.7. The molecule has 4 heterocycles. The molecule has 0 bridgehead atoms. The Balaban J connectivity index is 1.11. The second kappa shape index (κ2) is 18.0. The van der Waals surface area contributed by atoms with Gasteiger partial charge in [0.05, 0.1) is 6.20 Å². The number of esters is 4. The van der Waals surface area contributed by atoms with E-state index >= 15 is 0 Å². The number of aromatic amines is 1. The zero-order chi connectivity index (χ0) is 42.7. The summed E-state index contributed by atoms with van der Waals surface area (Å²) in [4.78, 5) is 67.2. The first-order chi connectivity index (χ1) is 28.7. The average molecular weight is 865 g/mol. The number of carbonyl (C=O) groups excluding carboxylic acids is 5. The van der Waals surface area contributed by atoms with E-state index in [0.29, 0.717) is 40.2 Å². The van der Waals surface area contributed by atoms with Crippen LogP contribution in [0.5, 0.6) is 11.5 Å². The molecular weight excluding hydrogens is 825 g/mol. The van der Waals surface area contributed by atoms with Crippen molar-refractivity contribution in [3.8, 4) is 11.5 Å². The van der Waals surface area contributed by atoms with Crippen molar-refractivity contribution >= 4 is 64.1 Å². The molecule has 5 aromatic rings. The number of amides is 1. The Morgan fingerprint density at radius 1 is 0.800 bits per heavy atom.